The van der Waals surface area contributed by atoms with E-state index in [-0.39, 0.29) is 0 Å². The maximum Gasteiger partial charge on any atom is 0.146 e. The molecule has 78 valence electrons. The van der Waals surface area contributed by atoms with Crippen molar-refractivity contribution in [2.45, 2.75) is 6.92 Å². The number of hydrogen-bond donors (Lipinski definition) is 0. The van der Waals surface area contributed by atoms with Crippen LogP contribution in [0.4, 0.5) is 0 Å². The predicted octanol–water partition coefficient (Wildman–Crippen LogP) is 3.25. The SMILES string of the molecule is COc1cc(Cl)c(C)c2c(Cl)ncnc12. The molecule has 0 N–H and O–H groups in total. The van der Waals surface area contributed by atoms with Crippen LogP contribution < -0.4 is 4.74 Å². The first-order valence-corrected chi connectivity index (χ1v) is 5.04. The number of aromatic nitrogens is 2. The second-order valence-electron chi connectivity index (χ2n) is 3.07. The number of nitrogens with zero attached hydrogens (tertiary/aromatic N) is 2. The number of rotatable bonds is 1. The molecule has 2 rings (SSSR count). The summed E-state index contributed by atoms with van der Waals surface area (Å²) in [6.45, 7) is 1.87. The zero-order valence-corrected chi connectivity index (χ0v) is 9.73. The third kappa shape index (κ3) is 1.62. The highest BCUT2D eigenvalue weighted by Crippen LogP contribution is 2.34. The molecule has 0 aliphatic rings. The topological polar surface area (TPSA) is 35.0 Å². The van der Waals surface area contributed by atoms with Crippen LogP contribution in [0.5, 0.6) is 5.75 Å². The number of ether oxygens (including phenoxy) is 1. The molecule has 0 fully saturated rings. The summed E-state index contributed by atoms with van der Waals surface area (Å²) < 4.78 is 5.18. The van der Waals surface area contributed by atoms with E-state index in [1.54, 1.807) is 13.2 Å². The van der Waals surface area contributed by atoms with E-state index in [2.05, 4.69) is 9.97 Å². The van der Waals surface area contributed by atoms with Gasteiger partial charge in [0.05, 0.1) is 7.11 Å². The number of halogens is 2. The summed E-state index contributed by atoms with van der Waals surface area (Å²) in [5.74, 6) is 0.602. The van der Waals surface area contributed by atoms with Crippen molar-refractivity contribution >= 4 is 34.1 Å². The second-order valence-corrected chi connectivity index (χ2v) is 3.84. The van der Waals surface area contributed by atoms with Crippen molar-refractivity contribution in [2.75, 3.05) is 7.11 Å². The number of fused-ring (bicyclic) bond motifs is 1. The fraction of sp³-hybridized carbons (Fsp3) is 0.200. The fourth-order valence-corrected chi connectivity index (χ4v) is 1.92. The number of aryl methyl sites for hydroxylation is 1. The van der Waals surface area contributed by atoms with Crippen molar-refractivity contribution in [2.24, 2.45) is 0 Å². The largest absolute Gasteiger partial charge is 0.494 e. The van der Waals surface area contributed by atoms with Crippen LogP contribution in [-0.4, -0.2) is 17.1 Å². The molecule has 0 bridgehead atoms. The maximum atomic E-state index is 6.05. The molecule has 0 spiro atoms. The van der Waals surface area contributed by atoms with E-state index < -0.39 is 0 Å². The first-order chi connectivity index (χ1) is 7.15. The van der Waals surface area contributed by atoms with Gasteiger partial charge in [0.15, 0.2) is 0 Å². The van der Waals surface area contributed by atoms with E-state index >= 15 is 0 Å². The Morgan fingerprint density at radius 3 is 2.67 bits per heavy atom. The molecule has 0 saturated heterocycles. The highest BCUT2D eigenvalue weighted by molar-refractivity contribution is 6.37. The lowest BCUT2D eigenvalue weighted by Gasteiger charge is -2.09. The van der Waals surface area contributed by atoms with Crippen molar-refractivity contribution in [3.63, 3.8) is 0 Å². The summed E-state index contributed by atoms with van der Waals surface area (Å²) in [4.78, 5) is 8.06. The Bertz CT molecular complexity index is 528. The van der Waals surface area contributed by atoms with E-state index in [9.17, 15) is 0 Å². The van der Waals surface area contributed by atoms with Crippen LogP contribution in [-0.2, 0) is 0 Å². The molecule has 0 unspecified atom stereocenters. The summed E-state index contributed by atoms with van der Waals surface area (Å²) in [7, 11) is 1.57. The average molecular weight is 243 g/mol. The molecule has 0 saturated carbocycles. The summed E-state index contributed by atoms with van der Waals surface area (Å²) in [6, 6.07) is 1.72. The lowest BCUT2D eigenvalue weighted by molar-refractivity contribution is 0.419. The van der Waals surface area contributed by atoms with Gasteiger partial charge in [0.1, 0.15) is 22.7 Å². The Morgan fingerprint density at radius 2 is 2.00 bits per heavy atom. The first-order valence-electron chi connectivity index (χ1n) is 4.28. The van der Waals surface area contributed by atoms with Crippen molar-refractivity contribution in [3.05, 3.63) is 28.1 Å². The van der Waals surface area contributed by atoms with E-state index in [0.717, 1.165) is 10.9 Å². The fourth-order valence-electron chi connectivity index (χ4n) is 1.45. The third-order valence-electron chi connectivity index (χ3n) is 2.25. The van der Waals surface area contributed by atoms with Gasteiger partial charge in [-0.3, -0.25) is 0 Å². The first kappa shape index (κ1) is 10.5. The van der Waals surface area contributed by atoms with Gasteiger partial charge in [0, 0.05) is 16.5 Å². The third-order valence-corrected chi connectivity index (χ3v) is 2.92. The van der Waals surface area contributed by atoms with Crippen molar-refractivity contribution < 1.29 is 4.74 Å². The standard InChI is InChI=1S/C10H8Cl2N2O/c1-5-6(11)3-7(15-2)9-8(5)10(12)14-4-13-9/h3-4H,1-2H3. The van der Waals surface area contributed by atoms with Crippen molar-refractivity contribution in [1.82, 2.24) is 9.97 Å². The molecule has 1 heterocycles. The average Bonchev–Trinajstić information content (AvgIpc) is 2.23. The van der Waals surface area contributed by atoms with Gasteiger partial charge in [-0.05, 0) is 12.5 Å². The molecule has 5 heteroatoms. The molecule has 1 aromatic heterocycles. The minimum absolute atomic E-state index is 0.387. The van der Waals surface area contributed by atoms with Crippen molar-refractivity contribution in [1.29, 1.82) is 0 Å². The van der Waals surface area contributed by atoms with Crippen LogP contribution >= 0.6 is 23.2 Å². The van der Waals surface area contributed by atoms with Gasteiger partial charge in [-0.15, -0.1) is 0 Å². The zero-order valence-electron chi connectivity index (χ0n) is 8.21. The molecular formula is C10H8Cl2N2O. The van der Waals surface area contributed by atoms with Crippen LogP contribution in [0.3, 0.4) is 0 Å². The zero-order chi connectivity index (χ0) is 11.0. The van der Waals surface area contributed by atoms with E-state index in [1.165, 1.54) is 6.33 Å². The van der Waals surface area contributed by atoms with Crippen LogP contribution in [0.1, 0.15) is 5.56 Å². The molecule has 15 heavy (non-hydrogen) atoms. The minimum atomic E-state index is 0.387. The number of benzene rings is 1. The van der Waals surface area contributed by atoms with Gasteiger partial charge in [0.25, 0.3) is 0 Å². The van der Waals surface area contributed by atoms with Gasteiger partial charge in [0.2, 0.25) is 0 Å². The summed E-state index contributed by atoms with van der Waals surface area (Å²) in [5, 5.41) is 1.72. The number of methoxy groups -OCH3 is 1. The molecule has 0 amide bonds. The highest BCUT2D eigenvalue weighted by Gasteiger charge is 2.12. The highest BCUT2D eigenvalue weighted by atomic mass is 35.5. The van der Waals surface area contributed by atoms with Gasteiger partial charge < -0.3 is 4.74 Å². The quantitative estimate of drug-likeness (QED) is 0.721. The Labute approximate surface area is 97.0 Å². The van der Waals surface area contributed by atoms with Gasteiger partial charge in [-0.25, -0.2) is 9.97 Å². The van der Waals surface area contributed by atoms with Gasteiger partial charge in [-0.1, -0.05) is 23.2 Å². The van der Waals surface area contributed by atoms with E-state index in [0.29, 0.717) is 21.4 Å². The molecule has 3 nitrogen and oxygen atoms in total. The Kier molecular flexibility index (Phi) is 2.67. The van der Waals surface area contributed by atoms with Crippen LogP contribution in [0.15, 0.2) is 12.4 Å². The van der Waals surface area contributed by atoms with Crippen LogP contribution in [0, 0.1) is 6.92 Å². The monoisotopic (exact) mass is 242 g/mol. The van der Waals surface area contributed by atoms with Crippen molar-refractivity contribution in [3.8, 4) is 5.75 Å². The Morgan fingerprint density at radius 1 is 1.27 bits per heavy atom. The number of hydrogen-bond acceptors (Lipinski definition) is 3. The molecule has 0 aliphatic carbocycles. The molecule has 1 aromatic carbocycles. The molecule has 0 radical (unpaired) electrons. The van der Waals surface area contributed by atoms with Crippen LogP contribution in [0.25, 0.3) is 10.9 Å². The minimum Gasteiger partial charge on any atom is -0.494 e. The molecule has 0 aliphatic heterocycles. The Balaban J connectivity index is 2.96. The lowest BCUT2D eigenvalue weighted by Crippen LogP contribution is -1.93. The normalized spacial score (nSPS) is 10.7. The Hall–Kier alpha value is -1.06. The van der Waals surface area contributed by atoms with E-state index in [1.807, 2.05) is 6.92 Å². The second kappa shape index (κ2) is 3.83. The molecule has 0 atom stereocenters. The summed E-state index contributed by atoms with van der Waals surface area (Å²) in [6.07, 6.45) is 1.40. The van der Waals surface area contributed by atoms with Gasteiger partial charge in [-0.2, -0.15) is 0 Å². The predicted molar refractivity (Wildman–Crippen MR) is 60.8 cm³/mol. The maximum absolute atomic E-state index is 6.05. The summed E-state index contributed by atoms with van der Waals surface area (Å²) in [5.41, 5.74) is 1.54. The molecule has 2 aromatic rings. The smallest absolute Gasteiger partial charge is 0.146 e. The van der Waals surface area contributed by atoms with Gasteiger partial charge >= 0.3 is 0 Å². The van der Waals surface area contributed by atoms with Crippen LogP contribution in [0.2, 0.25) is 10.2 Å². The summed E-state index contributed by atoms with van der Waals surface area (Å²) >= 11 is 12.0. The lowest BCUT2D eigenvalue weighted by atomic mass is 10.1. The molecular weight excluding hydrogens is 235 g/mol. The van der Waals surface area contributed by atoms with E-state index in [4.69, 9.17) is 27.9 Å².